The molecule has 2 amide bonds. The van der Waals surface area contributed by atoms with E-state index in [1.807, 2.05) is 43.0 Å². The van der Waals surface area contributed by atoms with Crippen molar-refractivity contribution in [2.75, 3.05) is 30.4 Å². The second-order valence-corrected chi connectivity index (χ2v) is 9.77. The van der Waals surface area contributed by atoms with Gasteiger partial charge in [0.25, 0.3) is 5.91 Å². The molecule has 0 aliphatic carbocycles. The smallest absolute Gasteiger partial charge is 0.253 e. The van der Waals surface area contributed by atoms with E-state index in [9.17, 15) is 18.8 Å². The van der Waals surface area contributed by atoms with Crippen molar-refractivity contribution in [3.8, 4) is 0 Å². The van der Waals surface area contributed by atoms with Crippen molar-refractivity contribution in [3.05, 3.63) is 81.8 Å². The molecule has 0 saturated carbocycles. The number of nitrogens with one attached hydrogen (secondary N) is 2. The molecule has 1 aliphatic rings. The zero-order valence-electron chi connectivity index (χ0n) is 20.9. The summed E-state index contributed by atoms with van der Waals surface area (Å²) in [5.41, 5.74) is 1.16. The van der Waals surface area contributed by atoms with Crippen LogP contribution < -0.4 is 15.5 Å². The van der Waals surface area contributed by atoms with Crippen LogP contribution >= 0.6 is 11.6 Å². The second-order valence-electron chi connectivity index (χ2n) is 9.36. The zero-order chi connectivity index (χ0) is 26.9. The summed E-state index contributed by atoms with van der Waals surface area (Å²) >= 11 is 5.91. The maximum Gasteiger partial charge on any atom is 0.253 e. The number of halogens is 2. The number of carbonyl (C=O) groups excluding carboxylic acids is 3. The number of hydrogen-bond donors (Lipinski definition) is 2. The Bertz CT molecular complexity index is 1370. The standard InChI is InChI=1S/C27H27ClFN5O3/c1-15(2)17-7-5-6-8-19(17)27(13-34(14-27)24-10-9-22(16(3)35)32-33-24)26(37)31-23-12-21(29)20(28)11-18(23)25(36)30-4/h5-12,15H,13-14H2,1-4H3,(H,30,36)(H,31,37). The van der Waals surface area contributed by atoms with Crippen LogP contribution in [-0.4, -0.2) is 47.9 Å². The molecule has 0 bridgehead atoms. The fourth-order valence-electron chi connectivity index (χ4n) is 4.54. The normalized spacial score (nSPS) is 14.2. The van der Waals surface area contributed by atoms with Crippen molar-refractivity contribution < 1.29 is 18.8 Å². The lowest BCUT2D eigenvalue weighted by Crippen LogP contribution is -2.66. The van der Waals surface area contributed by atoms with E-state index in [-0.39, 0.29) is 46.8 Å². The van der Waals surface area contributed by atoms with Crippen LogP contribution in [0.3, 0.4) is 0 Å². The van der Waals surface area contributed by atoms with Gasteiger partial charge in [0.2, 0.25) is 5.91 Å². The molecule has 2 N–H and O–H groups in total. The molecule has 1 aliphatic heterocycles. The third kappa shape index (κ3) is 4.91. The summed E-state index contributed by atoms with van der Waals surface area (Å²) in [4.78, 5) is 39.9. The Balaban J connectivity index is 1.73. The second kappa shape index (κ2) is 10.3. The van der Waals surface area contributed by atoms with E-state index >= 15 is 0 Å². The van der Waals surface area contributed by atoms with E-state index in [1.165, 1.54) is 20.0 Å². The summed E-state index contributed by atoms with van der Waals surface area (Å²) in [6.07, 6.45) is 0. The summed E-state index contributed by atoms with van der Waals surface area (Å²) in [6, 6.07) is 13.2. The Morgan fingerprint density at radius 3 is 2.38 bits per heavy atom. The highest BCUT2D eigenvalue weighted by Gasteiger charge is 2.52. The van der Waals surface area contributed by atoms with Gasteiger partial charge in [0.15, 0.2) is 11.6 Å². The maximum absolute atomic E-state index is 14.4. The van der Waals surface area contributed by atoms with Gasteiger partial charge in [-0.3, -0.25) is 14.4 Å². The van der Waals surface area contributed by atoms with Crippen molar-refractivity contribution in [1.82, 2.24) is 15.5 Å². The minimum absolute atomic E-state index is 0.0247. The Labute approximate surface area is 219 Å². The number of aromatic nitrogens is 2. The van der Waals surface area contributed by atoms with Gasteiger partial charge in [-0.15, -0.1) is 10.2 Å². The monoisotopic (exact) mass is 523 g/mol. The van der Waals surface area contributed by atoms with Crippen molar-refractivity contribution in [2.45, 2.75) is 32.1 Å². The van der Waals surface area contributed by atoms with E-state index in [1.54, 1.807) is 12.1 Å². The number of hydrogen-bond acceptors (Lipinski definition) is 6. The fraction of sp³-hybridized carbons (Fsp3) is 0.296. The molecule has 37 heavy (non-hydrogen) atoms. The van der Waals surface area contributed by atoms with Gasteiger partial charge >= 0.3 is 0 Å². The summed E-state index contributed by atoms with van der Waals surface area (Å²) in [5, 5.41) is 13.2. The lowest BCUT2D eigenvalue weighted by Gasteiger charge is -2.50. The number of carbonyl (C=O) groups is 3. The first-order chi connectivity index (χ1) is 17.6. The average Bonchev–Trinajstić information content (AvgIpc) is 2.85. The molecule has 4 rings (SSSR count). The van der Waals surface area contributed by atoms with Gasteiger partial charge < -0.3 is 15.5 Å². The third-order valence-corrected chi connectivity index (χ3v) is 6.86. The predicted octanol–water partition coefficient (Wildman–Crippen LogP) is 4.35. The first-order valence-corrected chi connectivity index (χ1v) is 12.2. The minimum atomic E-state index is -1.02. The molecule has 2 heterocycles. The molecule has 0 unspecified atom stereocenters. The predicted molar refractivity (Wildman–Crippen MR) is 140 cm³/mol. The minimum Gasteiger partial charge on any atom is -0.355 e. The van der Waals surface area contributed by atoms with Crippen LogP contribution in [0, 0.1) is 5.82 Å². The number of nitrogens with zero attached hydrogens (tertiary/aromatic N) is 3. The summed E-state index contributed by atoms with van der Waals surface area (Å²) in [7, 11) is 1.44. The summed E-state index contributed by atoms with van der Waals surface area (Å²) < 4.78 is 14.4. The van der Waals surface area contributed by atoms with Crippen LogP contribution in [0.1, 0.15) is 58.7 Å². The topological polar surface area (TPSA) is 104 Å². The molecular formula is C27H27ClFN5O3. The third-order valence-electron chi connectivity index (χ3n) is 6.57. The van der Waals surface area contributed by atoms with E-state index in [4.69, 9.17) is 11.6 Å². The van der Waals surface area contributed by atoms with Gasteiger partial charge in [-0.05, 0) is 41.3 Å². The van der Waals surface area contributed by atoms with Crippen LogP contribution in [0.4, 0.5) is 15.9 Å². The fourth-order valence-corrected chi connectivity index (χ4v) is 4.70. The molecular weight excluding hydrogens is 497 g/mol. The lowest BCUT2D eigenvalue weighted by molar-refractivity contribution is -0.122. The first-order valence-electron chi connectivity index (χ1n) is 11.8. The van der Waals surface area contributed by atoms with Gasteiger partial charge in [-0.25, -0.2) is 4.39 Å². The number of benzene rings is 2. The molecule has 1 saturated heterocycles. The molecule has 0 radical (unpaired) electrons. The highest BCUT2D eigenvalue weighted by molar-refractivity contribution is 6.31. The Kier molecular flexibility index (Phi) is 7.27. The van der Waals surface area contributed by atoms with Crippen LogP contribution in [0.25, 0.3) is 0 Å². The van der Waals surface area contributed by atoms with Gasteiger partial charge in [0, 0.05) is 27.1 Å². The summed E-state index contributed by atoms with van der Waals surface area (Å²) in [5.74, 6) is -1.18. The molecule has 1 aromatic heterocycles. The zero-order valence-corrected chi connectivity index (χ0v) is 21.7. The average molecular weight is 524 g/mol. The van der Waals surface area contributed by atoms with Crippen LogP contribution in [0.5, 0.6) is 0 Å². The van der Waals surface area contributed by atoms with Crippen LogP contribution in [-0.2, 0) is 10.2 Å². The molecule has 192 valence electrons. The Hall–Kier alpha value is -3.85. The van der Waals surface area contributed by atoms with Crippen molar-refractivity contribution in [3.63, 3.8) is 0 Å². The Morgan fingerprint density at radius 2 is 1.78 bits per heavy atom. The molecule has 3 aromatic rings. The van der Waals surface area contributed by atoms with E-state index in [0.29, 0.717) is 5.82 Å². The number of Topliss-reactive ketones (excluding diaryl/α,β-unsaturated/α-hetero) is 1. The number of amides is 2. The number of ketones is 1. The molecule has 0 atom stereocenters. The van der Waals surface area contributed by atoms with E-state index in [0.717, 1.165) is 17.2 Å². The molecule has 0 spiro atoms. The van der Waals surface area contributed by atoms with Gasteiger partial charge in [-0.2, -0.15) is 0 Å². The van der Waals surface area contributed by atoms with Crippen molar-refractivity contribution >= 4 is 40.7 Å². The highest BCUT2D eigenvalue weighted by atomic mass is 35.5. The van der Waals surface area contributed by atoms with Crippen molar-refractivity contribution in [2.24, 2.45) is 0 Å². The molecule has 8 nitrogen and oxygen atoms in total. The largest absolute Gasteiger partial charge is 0.355 e. The number of anilines is 2. The molecule has 2 aromatic carbocycles. The highest BCUT2D eigenvalue weighted by Crippen LogP contribution is 2.41. The first kappa shape index (κ1) is 26.2. The maximum atomic E-state index is 14.4. The summed E-state index contributed by atoms with van der Waals surface area (Å²) in [6.45, 7) is 6.04. The quantitative estimate of drug-likeness (QED) is 0.446. The van der Waals surface area contributed by atoms with E-state index < -0.39 is 23.0 Å². The SMILES string of the molecule is CNC(=O)c1cc(Cl)c(F)cc1NC(=O)C1(c2ccccc2C(C)C)CN(c2ccc(C(C)=O)nn2)C1. The lowest BCUT2D eigenvalue weighted by atomic mass is 9.69. The van der Waals surface area contributed by atoms with Gasteiger partial charge in [0.05, 0.1) is 16.3 Å². The van der Waals surface area contributed by atoms with Crippen LogP contribution in [0.15, 0.2) is 48.5 Å². The molecule has 10 heteroatoms. The van der Waals surface area contributed by atoms with Crippen molar-refractivity contribution in [1.29, 1.82) is 0 Å². The molecule has 1 fully saturated rings. The Morgan fingerprint density at radius 1 is 1.08 bits per heavy atom. The van der Waals surface area contributed by atoms with Gasteiger partial charge in [0.1, 0.15) is 16.9 Å². The van der Waals surface area contributed by atoms with Crippen LogP contribution in [0.2, 0.25) is 5.02 Å². The van der Waals surface area contributed by atoms with Gasteiger partial charge in [-0.1, -0.05) is 49.7 Å². The number of rotatable bonds is 7. The van der Waals surface area contributed by atoms with E-state index in [2.05, 4.69) is 20.8 Å².